The van der Waals surface area contributed by atoms with Gasteiger partial charge in [0.05, 0.1) is 10.00 Å². The van der Waals surface area contributed by atoms with E-state index in [-0.39, 0.29) is 11.8 Å². The lowest BCUT2D eigenvalue weighted by atomic mass is 9.87. The highest BCUT2D eigenvalue weighted by molar-refractivity contribution is 7.93. The minimum atomic E-state index is -3.37. The first kappa shape index (κ1) is 18.9. The maximum Gasteiger partial charge on any atom is 0.162 e. The van der Waals surface area contributed by atoms with Crippen LogP contribution in [0, 0.1) is 11.8 Å². The molecule has 1 saturated carbocycles. The third-order valence-electron chi connectivity index (χ3n) is 5.90. The van der Waals surface area contributed by atoms with E-state index in [9.17, 15) is 8.42 Å². The van der Waals surface area contributed by atoms with Crippen LogP contribution in [0.2, 0.25) is 0 Å². The monoisotopic (exact) mass is 390 g/mol. The maximum absolute atomic E-state index is 13.4. The van der Waals surface area contributed by atoms with E-state index in [0.29, 0.717) is 0 Å². The predicted octanol–water partition coefficient (Wildman–Crippen LogP) is 5.44. The summed E-state index contributed by atoms with van der Waals surface area (Å²) in [7, 11) is -3.37. The lowest BCUT2D eigenvalue weighted by molar-refractivity contribution is 0.544. The van der Waals surface area contributed by atoms with Crippen LogP contribution in [-0.4, -0.2) is 18.4 Å². The summed E-state index contributed by atoms with van der Waals surface area (Å²) in [6, 6.07) is 20.5. The molecule has 3 heteroatoms. The van der Waals surface area contributed by atoms with E-state index in [0.717, 1.165) is 22.3 Å². The molecule has 0 unspecified atom stereocenters. The van der Waals surface area contributed by atoms with Gasteiger partial charge in [0.2, 0.25) is 0 Å². The smallest absolute Gasteiger partial charge is 0.162 e. The van der Waals surface area contributed by atoms with Gasteiger partial charge in [0.25, 0.3) is 0 Å². The number of allylic oxidation sites excluding steroid dienone is 3. The molecule has 0 amide bonds. The van der Waals surface area contributed by atoms with Crippen molar-refractivity contribution in [3.63, 3.8) is 0 Å². The Morgan fingerprint density at radius 2 is 1.36 bits per heavy atom. The van der Waals surface area contributed by atoms with Crippen LogP contribution in [-0.2, 0) is 9.84 Å². The van der Waals surface area contributed by atoms with Crippen molar-refractivity contribution >= 4 is 15.4 Å². The normalized spacial score (nSPS) is 24.0. The van der Waals surface area contributed by atoms with Crippen LogP contribution in [0.5, 0.6) is 0 Å². The molecule has 2 aromatic rings. The number of hydrogen-bond acceptors (Lipinski definition) is 2. The van der Waals surface area contributed by atoms with Crippen molar-refractivity contribution in [2.75, 3.05) is 0 Å². The Kier molecular flexibility index (Phi) is 4.46. The Balaban J connectivity index is 1.96. The summed E-state index contributed by atoms with van der Waals surface area (Å²) in [6.07, 6.45) is 4.21. The molecular weight excluding hydrogens is 364 g/mol. The highest BCUT2D eigenvalue weighted by Gasteiger charge is 2.53. The topological polar surface area (TPSA) is 34.1 Å². The molecule has 0 N–H and O–H groups in total. The number of fused-ring (bicyclic) bond motifs is 2. The van der Waals surface area contributed by atoms with Crippen molar-refractivity contribution in [3.8, 4) is 0 Å². The minimum Gasteiger partial charge on any atom is -0.228 e. The maximum atomic E-state index is 13.4. The second-order valence-electron chi connectivity index (χ2n) is 8.60. The van der Waals surface area contributed by atoms with Gasteiger partial charge in [0.1, 0.15) is 0 Å². The summed E-state index contributed by atoms with van der Waals surface area (Å²) >= 11 is 0. The largest absolute Gasteiger partial charge is 0.228 e. The van der Waals surface area contributed by atoms with Gasteiger partial charge in [0, 0.05) is 11.8 Å². The number of benzene rings is 2. The fourth-order valence-electron chi connectivity index (χ4n) is 4.45. The van der Waals surface area contributed by atoms with Crippen molar-refractivity contribution in [2.24, 2.45) is 11.8 Å². The number of hydrogen-bond donors (Lipinski definition) is 0. The summed E-state index contributed by atoms with van der Waals surface area (Å²) < 4.78 is 25.9. The summed E-state index contributed by atoms with van der Waals surface area (Å²) in [6.45, 7) is 9.60. The Morgan fingerprint density at radius 1 is 0.857 bits per heavy atom. The highest BCUT2D eigenvalue weighted by Crippen LogP contribution is 2.54. The number of sulfone groups is 1. The fourth-order valence-corrected chi connectivity index (χ4v) is 6.38. The van der Waals surface area contributed by atoms with Crippen molar-refractivity contribution in [1.82, 2.24) is 0 Å². The van der Waals surface area contributed by atoms with Gasteiger partial charge >= 0.3 is 0 Å². The van der Waals surface area contributed by atoms with E-state index in [4.69, 9.17) is 0 Å². The second kappa shape index (κ2) is 6.59. The quantitative estimate of drug-likeness (QED) is 0.654. The van der Waals surface area contributed by atoms with E-state index in [1.54, 1.807) is 20.8 Å². The minimum absolute atomic E-state index is 0.0254. The van der Waals surface area contributed by atoms with Gasteiger partial charge < -0.3 is 0 Å². The molecule has 2 bridgehead atoms. The van der Waals surface area contributed by atoms with Crippen LogP contribution in [0.4, 0.5) is 0 Å². The molecule has 0 saturated heterocycles. The van der Waals surface area contributed by atoms with E-state index in [1.165, 1.54) is 5.57 Å². The molecule has 2 aliphatic rings. The van der Waals surface area contributed by atoms with Crippen LogP contribution < -0.4 is 0 Å². The third-order valence-corrected chi connectivity index (χ3v) is 8.87. The lowest BCUT2D eigenvalue weighted by Crippen LogP contribution is -2.40. The van der Waals surface area contributed by atoms with Crippen LogP contribution in [0.25, 0.3) is 5.57 Å². The van der Waals surface area contributed by atoms with Crippen LogP contribution in [0.3, 0.4) is 0 Å². The molecule has 0 spiro atoms. The molecule has 2 aromatic carbocycles. The van der Waals surface area contributed by atoms with Gasteiger partial charge in [-0.15, -0.1) is 0 Å². The SMILES string of the molecule is C=C1[C@H]2C=C[C@H](C2=C(c2ccccc2)c2ccccc2)[C@@H]1S(=O)(=O)C(C)(C)C. The van der Waals surface area contributed by atoms with Crippen molar-refractivity contribution in [3.05, 3.63) is 102 Å². The molecule has 28 heavy (non-hydrogen) atoms. The van der Waals surface area contributed by atoms with Crippen LogP contribution in [0.15, 0.2) is 90.5 Å². The molecule has 0 heterocycles. The first-order valence-electron chi connectivity index (χ1n) is 9.69. The first-order chi connectivity index (χ1) is 13.2. The number of rotatable bonds is 3. The molecule has 2 nitrogen and oxygen atoms in total. The van der Waals surface area contributed by atoms with E-state index < -0.39 is 19.8 Å². The molecule has 0 radical (unpaired) electrons. The van der Waals surface area contributed by atoms with Gasteiger partial charge in [-0.05, 0) is 48.6 Å². The predicted molar refractivity (Wildman–Crippen MR) is 117 cm³/mol. The average molecular weight is 391 g/mol. The summed E-state index contributed by atoms with van der Waals surface area (Å²) in [5.41, 5.74) is 5.34. The average Bonchev–Trinajstić information content (AvgIpc) is 3.18. The Bertz CT molecular complexity index is 1030. The van der Waals surface area contributed by atoms with Crippen molar-refractivity contribution in [1.29, 1.82) is 0 Å². The van der Waals surface area contributed by atoms with Gasteiger partial charge in [-0.2, -0.15) is 0 Å². The zero-order chi connectivity index (χ0) is 20.1. The van der Waals surface area contributed by atoms with Crippen molar-refractivity contribution in [2.45, 2.75) is 30.8 Å². The van der Waals surface area contributed by atoms with Gasteiger partial charge in [0.15, 0.2) is 9.84 Å². The van der Waals surface area contributed by atoms with Gasteiger partial charge in [-0.3, -0.25) is 0 Å². The van der Waals surface area contributed by atoms with Gasteiger partial charge in [-0.1, -0.05) is 79.4 Å². The van der Waals surface area contributed by atoms with Crippen LogP contribution in [0.1, 0.15) is 31.9 Å². The molecule has 4 rings (SSSR count). The van der Waals surface area contributed by atoms with Gasteiger partial charge in [-0.25, -0.2) is 8.42 Å². The first-order valence-corrected chi connectivity index (χ1v) is 11.2. The zero-order valence-electron chi connectivity index (χ0n) is 16.6. The standard InChI is InChI=1S/C25H26O2S/c1-17-20-15-16-21(24(17)28(26,27)25(2,3)4)23(20)22(18-11-7-5-8-12-18)19-13-9-6-10-14-19/h5-16,20-21,24H,1H2,2-4H3/t20-,21-,24-/m1/s1. The molecule has 1 fully saturated rings. The lowest BCUT2D eigenvalue weighted by Gasteiger charge is -2.29. The molecule has 0 aliphatic heterocycles. The molecular formula is C25H26O2S. The van der Waals surface area contributed by atoms with Crippen LogP contribution >= 0.6 is 0 Å². The summed E-state index contributed by atoms with van der Waals surface area (Å²) in [5.74, 6) is -0.181. The molecule has 3 atom stereocenters. The zero-order valence-corrected chi connectivity index (χ0v) is 17.4. The molecule has 144 valence electrons. The fraction of sp³-hybridized carbons (Fsp3) is 0.280. The van der Waals surface area contributed by atoms with E-state index in [2.05, 4.69) is 43.0 Å². The Hall–Kier alpha value is -2.39. The van der Waals surface area contributed by atoms with Crippen molar-refractivity contribution < 1.29 is 8.42 Å². The van der Waals surface area contributed by atoms with E-state index >= 15 is 0 Å². The molecule has 2 aliphatic carbocycles. The Morgan fingerprint density at radius 3 is 1.82 bits per heavy atom. The Labute approximate surface area is 168 Å². The second-order valence-corrected chi connectivity index (χ2v) is 11.4. The summed E-state index contributed by atoms with van der Waals surface area (Å²) in [4.78, 5) is 0. The highest BCUT2D eigenvalue weighted by atomic mass is 32.2. The molecule has 0 aromatic heterocycles. The third kappa shape index (κ3) is 2.80. The summed E-state index contributed by atoms with van der Waals surface area (Å²) in [5, 5.41) is -0.556. The van der Waals surface area contributed by atoms with E-state index in [1.807, 2.05) is 36.4 Å².